The highest BCUT2D eigenvalue weighted by Gasteiger charge is 2.20. The van der Waals surface area contributed by atoms with E-state index in [0.29, 0.717) is 12.6 Å². The summed E-state index contributed by atoms with van der Waals surface area (Å²) in [5, 5.41) is 17.2. The summed E-state index contributed by atoms with van der Waals surface area (Å²) in [5.41, 5.74) is 0. The van der Waals surface area contributed by atoms with Crippen LogP contribution < -0.4 is 5.32 Å². The molecule has 76 valence electrons. The van der Waals surface area contributed by atoms with Crippen LogP contribution >= 0.6 is 0 Å². The summed E-state index contributed by atoms with van der Waals surface area (Å²) in [4.78, 5) is 13.2. The van der Waals surface area contributed by atoms with Crippen LogP contribution in [0.25, 0.3) is 0 Å². The topological polar surface area (TPSA) is 85.9 Å². The van der Waals surface area contributed by atoms with Gasteiger partial charge in [0.15, 0.2) is 0 Å². The number of rotatable bonds is 5. The fraction of sp³-hybridized carbons (Fsp3) is 0.714. The first-order valence-corrected chi connectivity index (χ1v) is 4.53. The molecule has 0 aliphatic heterocycles. The van der Waals surface area contributed by atoms with Gasteiger partial charge >= 0.3 is 5.95 Å². The zero-order chi connectivity index (χ0) is 9.97. The molecule has 2 rings (SSSR count). The van der Waals surface area contributed by atoms with Gasteiger partial charge in [-0.05, 0) is 17.8 Å². The van der Waals surface area contributed by atoms with Crippen LogP contribution in [0.3, 0.4) is 0 Å². The van der Waals surface area contributed by atoms with Crippen molar-refractivity contribution in [2.24, 2.45) is 0 Å². The molecule has 1 N–H and O–H groups in total. The number of hydrogen-bond donors (Lipinski definition) is 1. The van der Waals surface area contributed by atoms with E-state index in [-0.39, 0.29) is 5.95 Å². The zero-order valence-corrected chi connectivity index (χ0v) is 7.59. The summed E-state index contributed by atoms with van der Waals surface area (Å²) in [5.74, 6) is -0.337. The van der Waals surface area contributed by atoms with Gasteiger partial charge in [0.1, 0.15) is 0 Å². The van der Waals surface area contributed by atoms with Gasteiger partial charge in [0, 0.05) is 17.7 Å². The summed E-state index contributed by atoms with van der Waals surface area (Å²) in [6.07, 6.45) is 3.85. The van der Waals surface area contributed by atoms with Gasteiger partial charge < -0.3 is 15.4 Å². The van der Waals surface area contributed by atoms with Gasteiger partial charge in [-0.3, -0.25) is 0 Å². The van der Waals surface area contributed by atoms with Gasteiger partial charge in [-0.2, -0.15) is 4.68 Å². The first kappa shape index (κ1) is 9.07. The standard InChI is InChI=1S/C7H11N5O2/c13-12(14)7-9-5-11(10-7)4-3-8-6-1-2-6/h5-6,8H,1-4H2. The van der Waals surface area contributed by atoms with Crippen LogP contribution in [0.4, 0.5) is 5.95 Å². The van der Waals surface area contributed by atoms with Crippen molar-refractivity contribution in [2.75, 3.05) is 6.54 Å². The Morgan fingerprint density at radius 2 is 2.50 bits per heavy atom. The summed E-state index contributed by atoms with van der Waals surface area (Å²) in [6.45, 7) is 1.41. The Hall–Kier alpha value is -1.50. The number of nitrogens with one attached hydrogen (secondary N) is 1. The number of nitrogens with zero attached hydrogens (tertiary/aromatic N) is 4. The third kappa shape index (κ3) is 2.25. The van der Waals surface area contributed by atoms with Crippen molar-refractivity contribution in [3.63, 3.8) is 0 Å². The molecule has 1 aromatic heterocycles. The second-order valence-corrected chi connectivity index (χ2v) is 3.29. The van der Waals surface area contributed by atoms with E-state index in [2.05, 4.69) is 15.4 Å². The summed E-state index contributed by atoms with van der Waals surface area (Å²) in [7, 11) is 0. The second kappa shape index (κ2) is 3.70. The monoisotopic (exact) mass is 197 g/mol. The van der Waals surface area contributed by atoms with Crippen molar-refractivity contribution < 1.29 is 4.92 Å². The van der Waals surface area contributed by atoms with Gasteiger partial charge in [0.25, 0.3) is 0 Å². The Kier molecular flexibility index (Phi) is 2.40. The van der Waals surface area contributed by atoms with Crippen LogP contribution in [-0.2, 0) is 6.54 Å². The number of aromatic nitrogens is 3. The van der Waals surface area contributed by atoms with E-state index in [0.717, 1.165) is 6.54 Å². The van der Waals surface area contributed by atoms with Crippen LogP contribution in [0, 0.1) is 10.1 Å². The third-order valence-corrected chi connectivity index (χ3v) is 2.04. The maximum Gasteiger partial charge on any atom is 0.490 e. The van der Waals surface area contributed by atoms with Crippen molar-refractivity contribution in [2.45, 2.75) is 25.4 Å². The number of hydrogen-bond acceptors (Lipinski definition) is 5. The molecule has 1 aliphatic carbocycles. The Morgan fingerprint density at radius 3 is 3.07 bits per heavy atom. The molecule has 1 heterocycles. The summed E-state index contributed by atoms with van der Waals surface area (Å²) in [6, 6.07) is 0.647. The summed E-state index contributed by atoms with van der Waals surface area (Å²) >= 11 is 0. The first-order chi connectivity index (χ1) is 6.75. The molecule has 0 unspecified atom stereocenters. The molecule has 0 atom stereocenters. The molecule has 0 amide bonds. The SMILES string of the molecule is O=[N+]([O-])c1ncn(CCNC2CC2)n1. The Morgan fingerprint density at radius 1 is 1.71 bits per heavy atom. The molecule has 7 nitrogen and oxygen atoms in total. The molecular formula is C7H11N5O2. The lowest BCUT2D eigenvalue weighted by molar-refractivity contribution is -0.394. The Balaban J connectivity index is 1.79. The second-order valence-electron chi connectivity index (χ2n) is 3.29. The van der Waals surface area contributed by atoms with Crippen LogP contribution in [-0.4, -0.2) is 32.3 Å². The molecule has 14 heavy (non-hydrogen) atoms. The van der Waals surface area contributed by atoms with Crippen molar-refractivity contribution in [1.29, 1.82) is 0 Å². The minimum atomic E-state index is -0.592. The smallest absolute Gasteiger partial charge is 0.390 e. The van der Waals surface area contributed by atoms with E-state index in [9.17, 15) is 10.1 Å². The molecule has 1 fully saturated rings. The van der Waals surface area contributed by atoms with Crippen molar-refractivity contribution in [3.8, 4) is 0 Å². The predicted molar refractivity (Wildman–Crippen MR) is 47.7 cm³/mol. The third-order valence-electron chi connectivity index (χ3n) is 2.04. The van der Waals surface area contributed by atoms with Crippen molar-refractivity contribution >= 4 is 5.95 Å². The maximum atomic E-state index is 10.3. The molecule has 0 bridgehead atoms. The van der Waals surface area contributed by atoms with Crippen LogP contribution in [0.5, 0.6) is 0 Å². The molecule has 1 aromatic rings. The average Bonchev–Trinajstić information content (AvgIpc) is 2.82. The largest absolute Gasteiger partial charge is 0.490 e. The van der Waals surface area contributed by atoms with E-state index in [4.69, 9.17) is 0 Å². The van der Waals surface area contributed by atoms with Gasteiger partial charge in [-0.15, -0.1) is 0 Å². The van der Waals surface area contributed by atoms with Gasteiger partial charge in [0.2, 0.25) is 6.33 Å². The number of nitro groups is 1. The van der Waals surface area contributed by atoms with E-state index in [1.807, 2.05) is 0 Å². The molecule has 0 aromatic carbocycles. The van der Waals surface area contributed by atoms with E-state index in [1.54, 1.807) is 0 Å². The molecule has 0 radical (unpaired) electrons. The van der Waals surface area contributed by atoms with Crippen LogP contribution in [0.1, 0.15) is 12.8 Å². The predicted octanol–water partition coefficient (Wildman–Crippen LogP) is -0.0617. The Bertz CT molecular complexity index is 333. The lowest BCUT2D eigenvalue weighted by Crippen LogP contribution is -2.22. The van der Waals surface area contributed by atoms with E-state index >= 15 is 0 Å². The fourth-order valence-electron chi connectivity index (χ4n) is 1.15. The van der Waals surface area contributed by atoms with Crippen LogP contribution in [0.15, 0.2) is 6.33 Å². The molecule has 0 spiro atoms. The van der Waals surface area contributed by atoms with Crippen molar-refractivity contribution in [1.82, 2.24) is 20.1 Å². The molecule has 1 saturated carbocycles. The minimum absolute atomic E-state index is 0.337. The highest BCUT2D eigenvalue weighted by Crippen LogP contribution is 2.17. The molecule has 1 aliphatic rings. The average molecular weight is 197 g/mol. The van der Waals surface area contributed by atoms with Gasteiger partial charge in [-0.25, -0.2) is 0 Å². The maximum absolute atomic E-state index is 10.3. The summed E-state index contributed by atoms with van der Waals surface area (Å²) < 4.78 is 1.48. The van der Waals surface area contributed by atoms with Crippen molar-refractivity contribution in [3.05, 3.63) is 16.4 Å². The lowest BCUT2D eigenvalue weighted by Gasteiger charge is -1.98. The first-order valence-electron chi connectivity index (χ1n) is 4.53. The van der Waals surface area contributed by atoms with Gasteiger partial charge in [-0.1, -0.05) is 4.98 Å². The van der Waals surface area contributed by atoms with Crippen LogP contribution in [0.2, 0.25) is 0 Å². The quantitative estimate of drug-likeness (QED) is 0.527. The molecular weight excluding hydrogens is 186 g/mol. The molecule has 7 heteroatoms. The zero-order valence-electron chi connectivity index (χ0n) is 7.59. The van der Waals surface area contributed by atoms with E-state index in [1.165, 1.54) is 23.9 Å². The lowest BCUT2D eigenvalue weighted by atomic mass is 10.6. The highest BCUT2D eigenvalue weighted by atomic mass is 16.6. The highest BCUT2D eigenvalue weighted by molar-refractivity contribution is 4.96. The fourth-order valence-corrected chi connectivity index (χ4v) is 1.15. The Labute approximate surface area is 80.3 Å². The normalized spacial score (nSPS) is 15.7. The molecule has 0 saturated heterocycles. The minimum Gasteiger partial charge on any atom is -0.390 e. The van der Waals surface area contributed by atoms with Gasteiger partial charge in [0.05, 0.1) is 6.54 Å². The van der Waals surface area contributed by atoms with E-state index < -0.39 is 4.92 Å².